The second kappa shape index (κ2) is 5.82. The average Bonchev–Trinajstić information content (AvgIpc) is 2.38. The van der Waals surface area contributed by atoms with E-state index in [2.05, 4.69) is 0 Å². The van der Waals surface area contributed by atoms with Crippen LogP contribution in [0.25, 0.3) is 0 Å². The zero-order valence-electron chi connectivity index (χ0n) is 9.88. The fourth-order valence-corrected chi connectivity index (χ4v) is 1.67. The summed E-state index contributed by atoms with van der Waals surface area (Å²) >= 11 is 0. The van der Waals surface area contributed by atoms with Crippen LogP contribution in [-0.2, 0) is 6.61 Å². The molecule has 2 aromatic rings. The Balaban J connectivity index is 2.14. The van der Waals surface area contributed by atoms with E-state index in [1.165, 1.54) is 12.1 Å². The first-order chi connectivity index (χ1) is 9.08. The van der Waals surface area contributed by atoms with Crippen molar-refractivity contribution in [3.63, 3.8) is 0 Å². The van der Waals surface area contributed by atoms with Crippen molar-refractivity contribution < 1.29 is 23.6 Å². The van der Waals surface area contributed by atoms with Crippen molar-refractivity contribution in [3.05, 3.63) is 59.7 Å². The Hall–Kier alpha value is -1.92. The molecule has 0 aliphatic heterocycles. The molecule has 0 fully saturated rings. The molecule has 0 atom stereocenters. The largest absolute Gasteiger partial charge is 0.488 e. The van der Waals surface area contributed by atoms with Crippen molar-refractivity contribution in [2.24, 2.45) is 0 Å². The predicted octanol–water partition coefficient (Wildman–Crippen LogP) is 1.22. The normalized spacial score (nSPS) is 10.3. The van der Waals surface area contributed by atoms with Gasteiger partial charge in [0.05, 0.1) is 0 Å². The van der Waals surface area contributed by atoms with Crippen molar-refractivity contribution in [3.8, 4) is 5.75 Å². The van der Waals surface area contributed by atoms with Crippen LogP contribution in [0.15, 0.2) is 42.5 Å². The lowest BCUT2D eigenvalue weighted by Gasteiger charge is -2.11. The topological polar surface area (TPSA) is 49.7 Å². The average molecular weight is 264 g/mol. The molecule has 0 saturated carbocycles. The molecule has 0 aliphatic rings. The maximum Gasteiger partial charge on any atom is 0.488 e. The molecule has 0 saturated heterocycles. The third-order valence-electron chi connectivity index (χ3n) is 2.61. The summed E-state index contributed by atoms with van der Waals surface area (Å²) in [6.07, 6.45) is 0. The van der Waals surface area contributed by atoms with Crippen LogP contribution in [0.4, 0.5) is 8.78 Å². The molecule has 6 heteroatoms. The molecule has 0 heterocycles. The second-order valence-electron chi connectivity index (χ2n) is 3.94. The standard InChI is InChI=1S/C13H11BF2O3/c15-10-5-6-13(12(16)7-10)19-8-9-3-1-2-4-11(9)14(17)18/h1-7,17-18H,8H2. The highest BCUT2D eigenvalue weighted by atomic mass is 19.1. The molecule has 98 valence electrons. The molecule has 0 spiro atoms. The van der Waals surface area contributed by atoms with E-state index in [4.69, 9.17) is 14.8 Å². The van der Waals surface area contributed by atoms with Crippen LogP contribution >= 0.6 is 0 Å². The van der Waals surface area contributed by atoms with Crippen LogP contribution < -0.4 is 10.2 Å². The molecule has 0 radical (unpaired) electrons. The summed E-state index contributed by atoms with van der Waals surface area (Å²) in [5.74, 6) is -1.58. The predicted molar refractivity (Wildman–Crippen MR) is 67.0 cm³/mol. The number of halogens is 2. The van der Waals surface area contributed by atoms with E-state index in [0.29, 0.717) is 5.56 Å². The van der Waals surface area contributed by atoms with Gasteiger partial charge in [-0.05, 0) is 23.2 Å². The van der Waals surface area contributed by atoms with Crippen LogP contribution in [0.1, 0.15) is 5.56 Å². The zero-order valence-corrected chi connectivity index (χ0v) is 9.88. The van der Waals surface area contributed by atoms with Gasteiger partial charge in [0.1, 0.15) is 12.4 Å². The summed E-state index contributed by atoms with van der Waals surface area (Å²) < 4.78 is 31.3. The van der Waals surface area contributed by atoms with Crippen molar-refractivity contribution in [1.29, 1.82) is 0 Å². The van der Waals surface area contributed by atoms with Gasteiger partial charge < -0.3 is 14.8 Å². The smallest absolute Gasteiger partial charge is 0.486 e. The lowest BCUT2D eigenvalue weighted by Crippen LogP contribution is -2.33. The minimum absolute atomic E-state index is 0.0453. The molecule has 0 aliphatic carbocycles. The number of benzene rings is 2. The summed E-state index contributed by atoms with van der Waals surface area (Å²) in [5, 5.41) is 18.3. The van der Waals surface area contributed by atoms with Gasteiger partial charge in [-0.15, -0.1) is 0 Å². The molecule has 0 amide bonds. The van der Waals surface area contributed by atoms with E-state index < -0.39 is 18.8 Å². The SMILES string of the molecule is OB(O)c1ccccc1COc1ccc(F)cc1F. The van der Waals surface area contributed by atoms with Gasteiger partial charge in [-0.1, -0.05) is 24.3 Å². The van der Waals surface area contributed by atoms with Crippen LogP contribution in [0, 0.1) is 11.6 Å². The van der Waals surface area contributed by atoms with E-state index in [1.54, 1.807) is 18.2 Å². The summed E-state index contributed by atoms with van der Waals surface area (Å²) in [4.78, 5) is 0. The third-order valence-corrected chi connectivity index (χ3v) is 2.61. The molecule has 19 heavy (non-hydrogen) atoms. The molecule has 0 aromatic heterocycles. The molecule has 2 rings (SSSR count). The molecule has 0 unspecified atom stereocenters. The maximum atomic E-state index is 13.3. The maximum absolute atomic E-state index is 13.3. The van der Waals surface area contributed by atoms with E-state index in [-0.39, 0.29) is 17.8 Å². The van der Waals surface area contributed by atoms with Crippen molar-refractivity contribution >= 4 is 12.6 Å². The summed E-state index contributed by atoms with van der Waals surface area (Å²) in [5.41, 5.74) is 0.797. The first kappa shape index (κ1) is 13.5. The summed E-state index contributed by atoms with van der Waals surface area (Å²) in [6, 6.07) is 9.51. The van der Waals surface area contributed by atoms with Gasteiger partial charge in [-0.3, -0.25) is 0 Å². The van der Waals surface area contributed by atoms with Crippen LogP contribution in [0.3, 0.4) is 0 Å². The van der Waals surface area contributed by atoms with Crippen LogP contribution in [0.2, 0.25) is 0 Å². The van der Waals surface area contributed by atoms with Gasteiger partial charge >= 0.3 is 7.12 Å². The van der Waals surface area contributed by atoms with Crippen molar-refractivity contribution in [1.82, 2.24) is 0 Å². The lowest BCUT2D eigenvalue weighted by atomic mass is 9.77. The second-order valence-corrected chi connectivity index (χ2v) is 3.94. The van der Waals surface area contributed by atoms with Gasteiger partial charge in [-0.25, -0.2) is 8.78 Å². The van der Waals surface area contributed by atoms with Crippen molar-refractivity contribution in [2.45, 2.75) is 6.61 Å². The Morgan fingerprint density at radius 1 is 1.05 bits per heavy atom. The fraction of sp³-hybridized carbons (Fsp3) is 0.0769. The highest BCUT2D eigenvalue weighted by molar-refractivity contribution is 6.59. The minimum Gasteiger partial charge on any atom is -0.486 e. The van der Waals surface area contributed by atoms with Crippen LogP contribution in [-0.4, -0.2) is 17.2 Å². The van der Waals surface area contributed by atoms with E-state index in [1.807, 2.05) is 0 Å². The molecular formula is C13H11BF2O3. The monoisotopic (exact) mass is 264 g/mol. The number of hydrogen-bond donors (Lipinski definition) is 2. The lowest BCUT2D eigenvalue weighted by molar-refractivity contribution is 0.289. The molecule has 2 aromatic carbocycles. The Kier molecular flexibility index (Phi) is 4.14. The first-order valence-electron chi connectivity index (χ1n) is 5.59. The Morgan fingerprint density at radius 3 is 2.47 bits per heavy atom. The van der Waals surface area contributed by atoms with Gasteiger partial charge in [0.15, 0.2) is 11.6 Å². The van der Waals surface area contributed by atoms with E-state index in [9.17, 15) is 8.78 Å². The Bertz CT molecular complexity index is 576. The van der Waals surface area contributed by atoms with Gasteiger partial charge in [0.2, 0.25) is 0 Å². The highest BCUT2D eigenvalue weighted by Crippen LogP contribution is 2.18. The zero-order chi connectivity index (χ0) is 13.8. The summed E-state index contributed by atoms with van der Waals surface area (Å²) in [7, 11) is -1.63. The molecular weight excluding hydrogens is 253 g/mol. The number of rotatable bonds is 4. The molecule has 2 N–H and O–H groups in total. The van der Waals surface area contributed by atoms with Gasteiger partial charge in [-0.2, -0.15) is 0 Å². The van der Waals surface area contributed by atoms with Crippen LogP contribution in [0.5, 0.6) is 5.75 Å². The van der Waals surface area contributed by atoms with E-state index >= 15 is 0 Å². The summed E-state index contributed by atoms with van der Waals surface area (Å²) in [6.45, 7) is -0.0453. The van der Waals surface area contributed by atoms with Gasteiger partial charge in [0, 0.05) is 6.07 Å². The van der Waals surface area contributed by atoms with E-state index in [0.717, 1.165) is 12.1 Å². The quantitative estimate of drug-likeness (QED) is 0.816. The van der Waals surface area contributed by atoms with Crippen molar-refractivity contribution in [2.75, 3.05) is 0 Å². The minimum atomic E-state index is -1.63. The third kappa shape index (κ3) is 3.30. The Labute approximate surface area is 109 Å². The number of hydrogen-bond acceptors (Lipinski definition) is 3. The molecule has 3 nitrogen and oxygen atoms in total. The first-order valence-corrected chi connectivity index (χ1v) is 5.59. The molecule has 0 bridgehead atoms. The van der Waals surface area contributed by atoms with Gasteiger partial charge in [0.25, 0.3) is 0 Å². The number of ether oxygens (including phenoxy) is 1. The highest BCUT2D eigenvalue weighted by Gasteiger charge is 2.15. The fourth-order valence-electron chi connectivity index (χ4n) is 1.67. The Morgan fingerprint density at radius 2 is 1.79 bits per heavy atom.